The Balaban J connectivity index is 1.54. The zero-order valence-electron chi connectivity index (χ0n) is 11.5. The fourth-order valence-electron chi connectivity index (χ4n) is 3.02. The van der Waals surface area contributed by atoms with Crippen LogP contribution in [0.2, 0.25) is 0 Å². The molecule has 19 heavy (non-hydrogen) atoms. The van der Waals surface area contributed by atoms with Crippen LogP contribution in [0.5, 0.6) is 0 Å². The summed E-state index contributed by atoms with van der Waals surface area (Å²) in [6, 6.07) is 0.719. The van der Waals surface area contributed by atoms with Crippen molar-refractivity contribution in [2.75, 3.05) is 24.7 Å². The van der Waals surface area contributed by atoms with Gasteiger partial charge in [-0.15, -0.1) is 0 Å². The summed E-state index contributed by atoms with van der Waals surface area (Å²) in [5.74, 6) is 3.22. The summed E-state index contributed by atoms with van der Waals surface area (Å²) in [5, 5.41) is 8.01. The van der Waals surface area contributed by atoms with Crippen molar-refractivity contribution in [3.63, 3.8) is 0 Å². The quantitative estimate of drug-likeness (QED) is 0.916. The lowest BCUT2D eigenvalue weighted by atomic mass is 9.96. The Morgan fingerprint density at radius 1 is 1.42 bits per heavy atom. The molecule has 2 saturated heterocycles. The lowest BCUT2D eigenvalue weighted by molar-refractivity contribution is 0.0896. The van der Waals surface area contributed by atoms with E-state index in [4.69, 9.17) is 4.74 Å². The molecule has 2 fully saturated rings. The van der Waals surface area contributed by atoms with E-state index in [1.54, 1.807) is 0 Å². The van der Waals surface area contributed by atoms with Gasteiger partial charge in [0, 0.05) is 43.9 Å². The van der Waals surface area contributed by atoms with Gasteiger partial charge in [-0.2, -0.15) is 16.9 Å². The summed E-state index contributed by atoms with van der Waals surface area (Å²) in [4.78, 5) is 0. The van der Waals surface area contributed by atoms with Crippen LogP contribution < -0.4 is 5.32 Å². The molecule has 2 aliphatic rings. The molecule has 0 bridgehead atoms. The van der Waals surface area contributed by atoms with E-state index in [9.17, 15) is 0 Å². The maximum Gasteiger partial charge on any atom is 0.0896 e. The molecule has 2 atom stereocenters. The molecular weight excluding hydrogens is 258 g/mol. The van der Waals surface area contributed by atoms with Gasteiger partial charge in [-0.1, -0.05) is 0 Å². The topological polar surface area (TPSA) is 39.1 Å². The second kappa shape index (κ2) is 6.29. The van der Waals surface area contributed by atoms with Crippen molar-refractivity contribution in [3.8, 4) is 0 Å². The van der Waals surface area contributed by atoms with Gasteiger partial charge in [-0.05, 0) is 30.8 Å². The average molecular weight is 281 g/mol. The number of nitrogens with one attached hydrogen (secondary N) is 1. The summed E-state index contributed by atoms with van der Waals surface area (Å²) in [6.45, 7) is 1.96. The first-order valence-electron chi connectivity index (χ1n) is 7.24. The lowest BCUT2D eigenvalue weighted by Gasteiger charge is -2.25. The highest BCUT2D eigenvalue weighted by Gasteiger charge is 2.30. The summed E-state index contributed by atoms with van der Waals surface area (Å²) in [5.41, 5.74) is 1.23. The minimum absolute atomic E-state index is 0.235. The summed E-state index contributed by atoms with van der Waals surface area (Å²) >= 11 is 2.08. The van der Waals surface area contributed by atoms with Crippen molar-refractivity contribution in [3.05, 3.63) is 18.0 Å². The fourth-order valence-corrected chi connectivity index (χ4v) is 4.12. The number of aryl methyl sites for hydroxylation is 1. The second-order valence-corrected chi connectivity index (χ2v) is 6.81. The average Bonchev–Trinajstić information content (AvgIpc) is 3.06. The molecule has 3 heterocycles. The van der Waals surface area contributed by atoms with E-state index in [1.165, 1.54) is 29.9 Å². The van der Waals surface area contributed by atoms with E-state index in [1.807, 2.05) is 17.9 Å². The van der Waals surface area contributed by atoms with Crippen LogP contribution in [0.3, 0.4) is 0 Å². The van der Waals surface area contributed by atoms with Gasteiger partial charge < -0.3 is 10.1 Å². The maximum absolute atomic E-state index is 5.91. The SMILES string of the molecule is Cn1cc([C@H]2OCC[C@H]2CNC2CCSCC2)cn1. The van der Waals surface area contributed by atoms with Crippen LogP contribution in [-0.4, -0.2) is 40.5 Å². The zero-order valence-corrected chi connectivity index (χ0v) is 12.4. The summed E-state index contributed by atoms with van der Waals surface area (Å²) < 4.78 is 7.77. The number of nitrogens with zero attached hydrogens (tertiary/aromatic N) is 2. The molecule has 0 saturated carbocycles. The molecule has 1 aromatic heterocycles. The molecule has 4 nitrogen and oxygen atoms in total. The van der Waals surface area contributed by atoms with Crippen LogP contribution >= 0.6 is 11.8 Å². The molecule has 5 heteroatoms. The van der Waals surface area contributed by atoms with Gasteiger partial charge in [0.2, 0.25) is 0 Å². The predicted octanol–water partition coefficient (Wildman–Crippen LogP) is 1.98. The normalized spacial score (nSPS) is 28.9. The largest absolute Gasteiger partial charge is 0.373 e. The van der Waals surface area contributed by atoms with Crippen molar-refractivity contribution in [2.24, 2.45) is 13.0 Å². The Labute approximate surface area is 119 Å². The third-order valence-corrected chi connectivity index (χ3v) is 5.21. The number of ether oxygens (including phenoxy) is 1. The van der Waals surface area contributed by atoms with Crippen molar-refractivity contribution < 1.29 is 4.74 Å². The summed E-state index contributed by atoms with van der Waals surface area (Å²) in [7, 11) is 1.96. The maximum atomic E-state index is 5.91. The predicted molar refractivity (Wildman–Crippen MR) is 78.4 cm³/mol. The molecule has 0 spiro atoms. The van der Waals surface area contributed by atoms with Gasteiger partial charge in [0.05, 0.1) is 12.3 Å². The molecule has 0 aromatic carbocycles. The Hall–Kier alpha value is -0.520. The van der Waals surface area contributed by atoms with Crippen molar-refractivity contribution in [1.29, 1.82) is 0 Å². The van der Waals surface area contributed by atoms with Gasteiger partial charge in [0.25, 0.3) is 0 Å². The first kappa shape index (κ1) is 13.5. The van der Waals surface area contributed by atoms with Gasteiger partial charge >= 0.3 is 0 Å². The molecule has 106 valence electrons. The molecule has 1 N–H and O–H groups in total. The number of rotatable bonds is 4. The third kappa shape index (κ3) is 3.33. The van der Waals surface area contributed by atoms with Crippen LogP contribution in [0.4, 0.5) is 0 Å². The van der Waals surface area contributed by atoms with Crippen LogP contribution in [0.1, 0.15) is 30.9 Å². The highest BCUT2D eigenvalue weighted by molar-refractivity contribution is 7.99. The summed E-state index contributed by atoms with van der Waals surface area (Å²) in [6.07, 6.45) is 8.05. The minimum Gasteiger partial charge on any atom is -0.373 e. The molecule has 0 amide bonds. The Morgan fingerprint density at radius 3 is 3.00 bits per heavy atom. The van der Waals surface area contributed by atoms with Crippen molar-refractivity contribution >= 4 is 11.8 Å². The minimum atomic E-state index is 0.235. The molecular formula is C14H23N3OS. The standard InChI is InChI=1S/C14H23N3OS/c1-17-10-12(9-16-17)14-11(2-5-18-14)8-15-13-3-6-19-7-4-13/h9-11,13-15H,2-8H2,1H3/t11-,14-/m0/s1. The van der Waals surface area contributed by atoms with E-state index >= 15 is 0 Å². The number of aromatic nitrogens is 2. The monoisotopic (exact) mass is 281 g/mol. The highest BCUT2D eigenvalue weighted by Crippen LogP contribution is 2.34. The van der Waals surface area contributed by atoms with E-state index in [0.29, 0.717) is 5.92 Å². The molecule has 0 aliphatic carbocycles. The van der Waals surface area contributed by atoms with Crippen LogP contribution in [0.15, 0.2) is 12.4 Å². The number of thioether (sulfide) groups is 1. The van der Waals surface area contributed by atoms with Crippen LogP contribution in [0.25, 0.3) is 0 Å². The Morgan fingerprint density at radius 2 is 2.26 bits per heavy atom. The molecule has 1 aromatic rings. The van der Waals surface area contributed by atoms with Gasteiger partial charge in [-0.25, -0.2) is 0 Å². The molecule has 3 rings (SSSR count). The van der Waals surface area contributed by atoms with E-state index in [2.05, 4.69) is 28.4 Å². The second-order valence-electron chi connectivity index (χ2n) is 5.58. The highest BCUT2D eigenvalue weighted by atomic mass is 32.2. The van der Waals surface area contributed by atoms with Gasteiger partial charge in [0.1, 0.15) is 0 Å². The molecule has 0 radical (unpaired) electrons. The Bertz CT molecular complexity index is 403. The van der Waals surface area contributed by atoms with Crippen LogP contribution in [-0.2, 0) is 11.8 Å². The van der Waals surface area contributed by atoms with E-state index < -0.39 is 0 Å². The van der Waals surface area contributed by atoms with Gasteiger partial charge in [-0.3, -0.25) is 4.68 Å². The van der Waals surface area contributed by atoms with E-state index in [-0.39, 0.29) is 6.10 Å². The number of hydrogen-bond acceptors (Lipinski definition) is 4. The van der Waals surface area contributed by atoms with Crippen molar-refractivity contribution in [2.45, 2.75) is 31.4 Å². The zero-order chi connectivity index (χ0) is 13.1. The van der Waals surface area contributed by atoms with Crippen LogP contribution in [0, 0.1) is 5.92 Å². The third-order valence-electron chi connectivity index (χ3n) is 4.16. The molecule has 2 aliphatic heterocycles. The molecule has 0 unspecified atom stereocenters. The fraction of sp³-hybridized carbons (Fsp3) is 0.786. The first-order valence-corrected chi connectivity index (χ1v) is 8.39. The Kier molecular flexibility index (Phi) is 4.45. The smallest absolute Gasteiger partial charge is 0.0896 e. The van der Waals surface area contributed by atoms with Crippen molar-refractivity contribution in [1.82, 2.24) is 15.1 Å². The lowest BCUT2D eigenvalue weighted by Crippen LogP contribution is -2.36. The number of hydrogen-bond donors (Lipinski definition) is 1. The van der Waals surface area contributed by atoms with E-state index in [0.717, 1.165) is 25.6 Å². The first-order chi connectivity index (χ1) is 9.33. The van der Waals surface area contributed by atoms with Gasteiger partial charge in [0.15, 0.2) is 0 Å².